The molecule has 0 N–H and O–H groups in total. The number of hydrogen-bond acceptors (Lipinski definition) is 4. The average molecular weight is 443 g/mol. The predicted octanol–water partition coefficient (Wildman–Crippen LogP) is 3.90. The van der Waals surface area contributed by atoms with Gasteiger partial charge in [0.2, 0.25) is 0 Å². The first-order valence-corrected chi connectivity index (χ1v) is 12.4. The highest BCUT2D eigenvalue weighted by Gasteiger charge is 2.16. The van der Waals surface area contributed by atoms with E-state index < -0.39 is 20.0 Å². The lowest BCUT2D eigenvalue weighted by Crippen LogP contribution is -2.07. The van der Waals surface area contributed by atoms with Crippen molar-refractivity contribution in [2.24, 2.45) is 8.80 Å². The average Bonchev–Trinajstić information content (AvgIpc) is 2.75. The Bertz CT molecular complexity index is 1130. The maximum absolute atomic E-state index is 12.5. The maximum atomic E-state index is 12.5. The molecule has 0 fully saturated rings. The summed E-state index contributed by atoms with van der Waals surface area (Å²) >= 11 is 0. The zero-order chi connectivity index (χ0) is 21.8. The van der Waals surface area contributed by atoms with Gasteiger partial charge < -0.3 is 0 Å². The highest BCUT2D eigenvalue weighted by molar-refractivity contribution is 7.90. The van der Waals surface area contributed by atoms with Gasteiger partial charge in [-0.1, -0.05) is 38.1 Å². The summed E-state index contributed by atoms with van der Waals surface area (Å²) in [6.45, 7) is 3.97. The van der Waals surface area contributed by atoms with E-state index in [2.05, 4.69) is 8.80 Å². The predicted molar refractivity (Wildman–Crippen MR) is 119 cm³/mol. The van der Waals surface area contributed by atoms with E-state index in [9.17, 15) is 16.8 Å². The van der Waals surface area contributed by atoms with Gasteiger partial charge in [-0.3, -0.25) is 0 Å². The van der Waals surface area contributed by atoms with Crippen LogP contribution in [0.15, 0.2) is 91.4 Å². The van der Waals surface area contributed by atoms with Crippen LogP contribution in [0.4, 0.5) is 0 Å². The zero-order valence-corrected chi connectivity index (χ0v) is 18.3. The molecule has 0 aliphatic heterocycles. The molecule has 0 bridgehead atoms. The topological polar surface area (TPSA) is 93.0 Å². The van der Waals surface area contributed by atoms with Crippen LogP contribution in [0.3, 0.4) is 0 Å². The molecule has 6 nitrogen and oxygen atoms in total. The molecule has 8 heteroatoms. The Balaban J connectivity index is 1.80. The molecule has 0 heterocycles. The van der Waals surface area contributed by atoms with Gasteiger partial charge in [-0.05, 0) is 72.5 Å². The fraction of sp³-hybridized carbons (Fsp3) is 0.182. The lowest BCUT2D eigenvalue weighted by molar-refractivity contribution is 0.596. The minimum atomic E-state index is -3.86. The third-order valence-corrected chi connectivity index (χ3v) is 7.20. The molecule has 0 amide bonds. The van der Waals surface area contributed by atoms with Crippen LogP contribution in [0.2, 0.25) is 0 Å². The van der Waals surface area contributed by atoms with Crippen molar-refractivity contribution in [3.05, 3.63) is 84.0 Å². The molecule has 30 heavy (non-hydrogen) atoms. The van der Waals surface area contributed by atoms with Crippen LogP contribution < -0.4 is 0 Å². The second kappa shape index (κ2) is 8.89. The highest BCUT2D eigenvalue weighted by atomic mass is 32.2. The van der Waals surface area contributed by atoms with Gasteiger partial charge in [-0.2, -0.15) is 25.6 Å². The normalized spacial score (nSPS) is 14.1. The first-order valence-electron chi connectivity index (χ1n) is 9.47. The third-order valence-electron chi connectivity index (χ3n) is 4.56. The molecule has 3 rings (SSSR count). The van der Waals surface area contributed by atoms with Crippen LogP contribution in [0.5, 0.6) is 0 Å². The molecule has 0 spiro atoms. The number of sulfonamides is 2. The van der Waals surface area contributed by atoms with E-state index in [-0.39, 0.29) is 21.2 Å². The second-order valence-electron chi connectivity index (χ2n) is 6.64. The van der Waals surface area contributed by atoms with Crippen LogP contribution >= 0.6 is 0 Å². The summed E-state index contributed by atoms with van der Waals surface area (Å²) in [6, 6.07) is 13.1. The van der Waals surface area contributed by atoms with Crippen molar-refractivity contribution in [1.29, 1.82) is 0 Å². The van der Waals surface area contributed by atoms with Crippen LogP contribution in [-0.2, 0) is 32.9 Å². The van der Waals surface area contributed by atoms with Crippen molar-refractivity contribution in [2.75, 3.05) is 0 Å². The van der Waals surface area contributed by atoms with Crippen molar-refractivity contribution < 1.29 is 16.8 Å². The van der Waals surface area contributed by atoms with Gasteiger partial charge >= 0.3 is 0 Å². The molecular weight excluding hydrogens is 420 g/mol. The summed E-state index contributed by atoms with van der Waals surface area (Å²) in [5.41, 5.74) is 2.45. The number of aryl methyl sites for hydroxylation is 2. The zero-order valence-electron chi connectivity index (χ0n) is 16.7. The van der Waals surface area contributed by atoms with Gasteiger partial charge in [0, 0.05) is 0 Å². The van der Waals surface area contributed by atoms with E-state index in [0.29, 0.717) is 0 Å². The smallest absolute Gasteiger partial charge is 0.199 e. The first-order chi connectivity index (χ1) is 14.2. The molecule has 2 aromatic carbocycles. The molecular formula is C22H22N2O4S2. The van der Waals surface area contributed by atoms with Crippen LogP contribution in [0.1, 0.15) is 25.0 Å². The van der Waals surface area contributed by atoms with E-state index in [1.54, 1.807) is 24.3 Å². The number of allylic oxidation sites excluding steroid dienone is 4. The molecule has 0 atom stereocenters. The largest absolute Gasteiger partial charge is 0.282 e. The SMILES string of the molecule is CCc1ccc(S(=O)(=O)N=C2C=CC(=NS(=O)(=O)c3ccc(CC)cc3)C=C2)cc1. The molecule has 0 saturated carbocycles. The van der Waals surface area contributed by atoms with E-state index in [1.807, 2.05) is 13.8 Å². The molecule has 0 saturated heterocycles. The number of rotatable bonds is 6. The number of benzene rings is 2. The second-order valence-corrected chi connectivity index (χ2v) is 9.85. The monoisotopic (exact) mass is 442 g/mol. The highest BCUT2D eigenvalue weighted by Crippen LogP contribution is 2.17. The molecule has 0 unspecified atom stereocenters. The van der Waals surface area contributed by atoms with Crippen molar-refractivity contribution in [3.8, 4) is 0 Å². The van der Waals surface area contributed by atoms with E-state index >= 15 is 0 Å². The van der Waals surface area contributed by atoms with Gasteiger partial charge in [0.25, 0.3) is 20.0 Å². The molecule has 156 valence electrons. The summed E-state index contributed by atoms with van der Waals surface area (Å²) in [5.74, 6) is 0. The standard InChI is InChI=1S/C22H22N2O4S2/c1-3-17-5-13-21(14-6-17)29(25,26)23-19-9-11-20(12-10-19)24-30(27,28)22-15-7-18(4-2)8-16-22/h5-16H,3-4H2,1-2H3. The van der Waals surface area contributed by atoms with Crippen LogP contribution in [0, 0.1) is 0 Å². The van der Waals surface area contributed by atoms with Crippen molar-refractivity contribution in [2.45, 2.75) is 36.5 Å². The lowest BCUT2D eigenvalue weighted by atomic mass is 10.1. The molecule has 0 radical (unpaired) electrons. The first kappa shape index (κ1) is 21.9. The van der Waals surface area contributed by atoms with Crippen molar-refractivity contribution in [3.63, 3.8) is 0 Å². The fourth-order valence-corrected chi connectivity index (χ4v) is 4.72. The lowest BCUT2D eigenvalue weighted by Gasteiger charge is -2.05. The number of hydrogen-bond donors (Lipinski definition) is 0. The molecule has 1 aliphatic rings. The van der Waals surface area contributed by atoms with E-state index in [1.165, 1.54) is 48.6 Å². The molecule has 2 aromatic rings. The maximum Gasteiger partial charge on any atom is 0.282 e. The van der Waals surface area contributed by atoms with E-state index in [0.717, 1.165) is 24.0 Å². The Morgan fingerprint density at radius 3 is 1.13 bits per heavy atom. The van der Waals surface area contributed by atoms with Crippen molar-refractivity contribution in [1.82, 2.24) is 0 Å². The summed E-state index contributed by atoms with van der Waals surface area (Å²) < 4.78 is 57.5. The summed E-state index contributed by atoms with van der Waals surface area (Å²) in [4.78, 5) is 0.207. The van der Waals surface area contributed by atoms with Gasteiger partial charge in [-0.25, -0.2) is 0 Å². The van der Waals surface area contributed by atoms with Crippen LogP contribution in [0.25, 0.3) is 0 Å². The Morgan fingerprint density at radius 1 is 0.567 bits per heavy atom. The third kappa shape index (κ3) is 5.20. The van der Waals surface area contributed by atoms with Gasteiger partial charge in [0.05, 0.1) is 21.2 Å². The van der Waals surface area contributed by atoms with Gasteiger partial charge in [0.15, 0.2) is 0 Å². The van der Waals surface area contributed by atoms with Crippen molar-refractivity contribution >= 4 is 31.5 Å². The fourth-order valence-electron chi connectivity index (χ4n) is 2.75. The Hall–Kier alpha value is -2.84. The summed E-state index contributed by atoms with van der Waals surface area (Å²) in [6.07, 6.45) is 7.32. The molecule has 0 aromatic heterocycles. The summed E-state index contributed by atoms with van der Waals surface area (Å²) in [7, 11) is -7.72. The van der Waals surface area contributed by atoms with Gasteiger partial charge in [-0.15, -0.1) is 0 Å². The quantitative estimate of drug-likeness (QED) is 0.634. The Morgan fingerprint density at radius 2 is 0.867 bits per heavy atom. The number of nitrogens with zero attached hydrogens (tertiary/aromatic N) is 2. The van der Waals surface area contributed by atoms with E-state index in [4.69, 9.17) is 0 Å². The minimum absolute atomic E-state index is 0.103. The minimum Gasteiger partial charge on any atom is -0.199 e. The Labute approximate surface area is 177 Å². The Kier molecular flexibility index (Phi) is 6.48. The van der Waals surface area contributed by atoms with Crippen LogP contribution in [-0.4, -0.2) is 28.3 Å². The van der Waals surface area contributed by atoms with Gasteiger partial charge in [0.1, 0.15) is 0 Å². The molecule has 1 aliphatic carbocycles. The summed E-state index contributed by atoms with van der Waals surface area (Å²) in [5, 5.41) is 0.